The van der Waals surface area contributed by atoms with Crippen molar-refractivity contribution in [1.29, 1.82) is 0 Å². The zero-order chi connectivity index (χ0) is 10.2. The maximum Gasteiger partial charge on any atom is 0.412 e. The highest BCUT2D eigenvalue weighted by molar-refractivity contribution is 5.08. The number of hydrogen-bond acceptors (Lipinski definition) is 3. The van der Waals surface area contributed by atoms with Crippen LogP contribution in [0.25, 0.3) is 0 Å². The zero-order valence-corrected chi connectivity index (χ0v) is 7.14. The standard InChI is InChI=1S/C7H9F3N2O/c1-3-4(2)13-6(12-3)5(11)7(8,9)10/h5H,11H2,1-2H3. The van der Waals surface area contributed by atoms with Crippen molar-refractivity contribution in [3.8, 4) is 0 Å². The lowest BCUT2D eigenvalue weighted by molar-refractivity contribution is -0.153. The first-order chi connectivity index (χ1) is 5.82. The molecule has 0 saturated heterocycles. The lowest BCUT2D eigenvalue weighted by atomic mass is 10.3. The average molecular weight is 194 g/mol. The molecule has 0 amide bonds. The van der Waals surface area contributed by atoms with Gasteiger partial charge in [-0.05, 0) is 13.8 Å². The van der Waals surface area contributed by atoms with Gasteiger partial charge < -0.3 is 10.2 Å². The predicted octanol–water partition coefficient (Wildman–Crippen LogP) is 1.85. The Morgan fingerprint density at radius 3 is 2.23 bits per heavy atom. The Bertz CT molecular complexity index is 286. The molecule has 1 aromatic rings. The van der Waals surface area contributed by atoms with E-state index in [4.69, 9.17) is 10.2 Å². The lowest BCUT2D eigenvalue weighted by Gasteiger charge is -2.10. The second-order valence-electron chi connectivity index (χ2n) is 2.71. The summed E-state index contributed by atoms with van der Waals surface area (Å²) < 4.78 is 40.9. The lowest BCUT2D eigenvalue weighted by Crippen LogP contribution is -2.28. The molecule has 2 N–H and O–H groups in total. The minimum Gasteiger partial charge on any atom is -0.444 e. The summed E-state index contributed by atoms with van der Waals surface area (Å²) in [5, 5.41) is 0. The molecule has 13 heavy (non-hydrogen) atoms. The van der Waals surface area contributed by atoms with Crippen LogP contribution in [0.2, 0.25) is 0 Å². The fraction of sp³-hybridized carbons (Fsp3) is 0.571. The largest absolute Gasteiger partial charge is 0.444 e. The molecular formula is C7H9F3N2O. The van der Waals surface area contributed by atoms with Crippen LogP contribution in [0.5, 0.6) is 0 Å². The molecular weight excluding hydrogens is 185 g/mol. The summed E-state index contributed by atoms with van der Waals surface area (Å²) in [4.78, 5) is 3.56. The molecule has 1 heterocycles. The molecule has 1 atom stereocenters. The number of oxazole rings is 1. The molecule has 0 radical (unpaired) electrons. The van der Waals surface area contributed by atoms with E-state index in [1.807, 2.05) is 0 Å². The number of aryl methyl sites for hydroxylation is 2. The van der Waals surface area contributed by atoms with E-state index >= 15 is 0 Å². The van der Waals surface area contributed by atoms with Gasteiger partial charge in [-0.3, -0.25) is 0 Å². The van der Waals surface area contributed by atoms with Gasteiger partial charge in [0.05, 0.1) is 5.69 Å². The van der Waals surface area contributed by atoms with Crippen LogP contribution in [0.15, 0.2) is 4.42 Å². The van der Waals surface area contributed by atoms with Crippen LogP contribution in [0, 0.1) is 13.8 Å². The summed E-state index contributed by atoms with van der Waals surface area (Å²) >= 11 is 0. The van der Waals surface area contributed by atoms with Gasteiger partial charge in [0.15, 0.2) is 6.04 Å². The minimum atomic E-state index is -4.51. The van der Waals surface area contributed by atoms with Crippen molar-refractivity contribution >= 4 is 0 Å². The van der Waals surface area contributed by atoms with Crippen molar-refractivity contribution in [2.24, 2.45) is 5.73 Å². The van der Waals surface area contributed by atoms with Gasteiger partial charge in [0.25, 0.3) is 0 Å². The van der Waals surface area contributed by atoms with Gasteiger partial charge in [0, 0.05) is 0 Å². The van der Waals surface area contributed by atoms with E-state index in [9.17, 15) is 13.2 Å². The van der Waals surface area contributed by atoms with E-state index in [0.29, 0.717) is 11.5 Å². The van der Waals surface area contributed by atoms with Crippen molar-refractivity contribution in [1.82, 2.24) is 4.98 Å². The highest BCUT2D eigenvalue weighted by Gasteiger charge is 2.41. The first kappa shape index (κ1) is 10.0. The summed E-state index contributed by atoms with van der Waals surface area (Å²) in [6.07, 6.45) is -4.51. The van der Waals surface area contributed by atoms with E-state index in [1.54, 1.807) is 6.92 Å². The van der Waals surface area contributed by atoms with Crippen LogP contribution in [0.3, 0.4) is 0 Å². The Morgan fingerprint density at radius 2 is 1.92 bits per heavy atom. The first-order valence-electron chi connectivity index (χ1n) is 3.58. The zero-order valence-electron chi connectivity index (χ0n) is 7.14. The average Bonchev–Trinajstić information content (AvgIpc) is 2.29. The normalized spacial score (nSPS) is 14.6. The fourth-order valence-electron chi connectivity index (χ4n) is 0.771. The molecule has 6 heteroatoms. The van der Waals surface area contributed by atoms with Gasteiger partial charge in [0.1, 0.15) is 5.76 Å². The van der Waals surface area contributed by atoms with Crippen molar-refractivity contribution < 1.29 is 17.6 Å². The Labute approximate surface area is 72.7 Å². The highest BCUT2D eigenvalue weighted by Crippen LogP contribution is 2.30. The summed E-state index contributed by atoms with van der Waals surface area (Å²) in [7, 11) is 0. The molecule has 0 aliphatic rings. The van der Waals surface area contributed by atoms with Gasteiger partial charge in [-0.1, -0.05) is 0 Å². The van der Waals surface area contributed by atoms with Crippen molar-refractivity contribution in [2.45, 2.75) is 26.1 Å². The summed E-state index contributed by atoms with van der Waals surface area (Å²) in [5.74, 6) is -0.128. The summed E-state index contributed by atoms with van der Waals surface area (Å²) in [6, 6.07) is -2.14. The van der Waals surface area contributed by atoms with Crippen LogP contribution < -0.4 is 5.73 Å². The summed E-state index contributed by atoms with van der Waals surface area (Å²) in [5.41, 5.74) is 5.30. The molecule has 0 aliphatic heterocycles. The number of hydrogen-bond donors (Lipinski definition) is 1. The van der Waals surface area contributed by atoms with Gasteiger partial charge in [-0.2, -0.15) is 13.2 Å². The van der Waals surface area contributed by atoms with Crippen LogP contribution in [-0.4, -0.2) is 11.2 Å². The Balaban J connectivity index is 2.96. The third-order valence-corrected chi connectivity index (χ3v) is 1.66. The van der Waals surface area contributed by atoms with Crippen molar-refractivity contribution in [2.75, 3.05) is 0 Å². The Morgan fingerprint density at radius 1 is 1.38 bits per heavy atom. The van der Waals surface area contributed by atoms with Crippen molar-refractivity contribution in [3.63, 3.8) is 0 Å². The third-order valence-electron chi connectivity index (χ3n) is 1.66. The molecule has 0 aromatic carbocycles. The number of nitrogens with zero attached hydrogens (tertiary/aromatic N) is 1. The molecule has 1 rings (SSSR count). The van der Waals surface area contributed by atoms with E-state index < -0.39 is 18.1 Å². The highest BCUT2D eigenvalue weighted by atomic mass is 19.4. The maximum atomic E-state index is 12.1. The number of halogens is 3. The monoisotopic (exact) mass is 194 g/mol. The molecule has 1 aromatic heterocycles. The third kappa shape index (κ3) is 2.00. The number of nitrogens with two attached hydrogens (primary N) is 1. The van der Waals surface area contributed by atoms with Gasteiger partial charge in [-0.15, -0.1) is 0 Å². The van der Waals surface area contributed by atoms with E-state index in [0.717, 1.165) is 0 Å². The predicted molar refractivity (Wildman–Crippen MR) is 39.0 cm³/mol. The molecule has 3 nitrogen and oxygen atoms in total. The molecule has 74 valence electrons. The molecule has 0 aliphatic carbocycles. The second-order valence-corrected chi connectivity index (χ2v) is 2.71. The quantitative estimate of drug-likeness (QED) is 0.742. The van der Waals surface area contributed by atoms with Crippen LogP contribution in [-0.2, 0) is 0 Å². The topological polar surface area (TPSA) is 52.0 Å². The summed E-state index contributed by atoms with van der Waals surface area (Å²) in [6.45, 7) is 3.10. The fourth-order valence-corrected chi connectivity index (χ4v) is 0.771. The van der Waals surface area contributed by atoms with Crippen molar-refractivity contribution in [3.05, 3.63) is 17.3 Å². The van der Waals surface area contributed by atoms with E-state index in [2.05, 4.69) is 4.98 Å². The first-order valence-corrected chi connectivity index (χ1v) is 3.58. The maximum absolute atomic E-state index is 12.1. The smallest absolute Gasteiger partial charge is 0.412 e. The second kappa shape index (κ2) is 3.02. The number of rotatable bonds is 1. The SMILES string of the molecule is Cc1nc(C(N)C(F)(F)F)oc1C. The molecule has 0 saturated carbocycles. The molecule has 1 unspecified atom stereocenters. The Kier molecular flexibility index (Phi) is 2.34. The van der Waals surface area contributed by atoms with Crippen LogP contribution >= 0.6 is 0 Å². The van der Waals surface area contributed by atoms with Gasteiger partial charge in [0.2, 0.25) is 5.89 Å². The van der Waals surface area contributed by atoms with Crippen LogP contribution in [0.1, 0.15) is 23.4 Å². The minimum absolute atomic E-state index is 0.356. The molecule has 0 spiro atoms. The van der Waals surface area contributed by atoms with Gasteiger partial charge >= 0.3 is 6.18 Å². The van der Waals surface area contributed by atoms with E-state index in [-0.39, 0.29) is 0 Å². The van der Waals surface area contributed by atoms with E-state index in [1.165, 1.54) is 6.92 Å². The van der Waals surface area contributed by atoms with Gasteiger partial charge in [-0.25, -0.2) is 4.98 Å². The molecule has 0 fully saturated rings. The Hall–Kier alpha value is -1.04. The van der Waals surface area contributed by atoms with Crippen LogP contribution in [0.4, 0.5) is 13.2 Å². The number of alkyl halides is 3. The number of aromatic nitrogens is 1. The molecule has 0 bridgehead atoms.